The first kappa shape index (κ1) is 10.4. The minimum Gasteiger partial charge on any atom is -0.411 e. The molecule has 1 N–H and O–H groups in total. The van der Waals surface area contributed by atoms with Crippen LogP contribution >= 0.6 is 11.3 Å². The van der Waals surface area contributed by atoms with Gasteiger partial charge in [-0.3, -0.25) is 0 Å². The predicted molar refractivity (Wildman–Crippen MR) is 63.9 cm³/mol. The molecule has 1 aromatic carbocycles. The Balaban J connectivity index is 2.18. The lowest BCUT2D eigenvalue weighted by Crippen LogP contribution is -1.80. The van der Waals surface area contributed by atoms with Gasteiger partial charge < -0.3 is 5.21 Å². The zero-order chi connectivity index (χ0) is 11.2. The summed E-state index contributed by atoms with van der Waals surface area (Å²) in [5.74, 6) is 5.96. The monoisotopic (exact) mass is 228 g/mol. The van der Waals surface area contributed by atoms with E-state index >= 15 is 0 Å². The average molecular weight is 228 g/mol. The Labute approximate surface area is 97.1 Å². The molecule has 3 nitrogen and oxygen atoms in total. The fourth-order valence-corrected chi connectivity index (χ4v) is 1.72. The van der Waals surface area contributed by atoms with Gasteiger partial charge in [0.15, 0.2) is 5.01 Å². The molecule has 1 aromatic heterocycles. The number of benzene rings is 1. The maximum Gasteiger partial charge on any atom is 0.167 e. The maximum absolute atomic E-state index is 8.33. The zero-order valence-corrected chi connectivity index (χ0v) is 9.11. The van der Waals surface area contributed by atoms with Crippen LogP contribution < -0.4 is 0 Å². The second-order valence-corrected chi connectivity index (χ2v) is 3.80. The van der Waals surface area contributed by atoms with Crippen LogP contribution in [-0.2, 0) is 0 Å². The van der Waals surface area contributed by atoms with Crippen LogP contribution in [0.25, 0.3) is 0 Å². The van der Waals surface area contributed by atoms with Crippen LogP contribution in [0.1, 0.15) is 16.3 Å². The zero-order valence-electron chi connectivity index (χ0n) is 8.29. The van der Waals surface area contributed by atoms with Crippen molar-refractivity contribution in [1.82, 2.24) is 4.98 Å². The summed E-state index contributed by atoms with van der Waals surface area (Å²) in [6.45, 7) is 0. The van der Waals surface area contributed by atoms with Gasteiger partial charge >= 0.3 is 0 Å². The molecule has 0 atom stereocenters. The fourth-order valence-electron chi connectivity index (χ4n) is 1.11. The molecule has 0 spiro atoms. The molecule has 0 fully saturated rings. The van der Waals surface area contributed by atoms with Crippen molar-refractivity contribution < 1.29 is 5.21 Å². The van der Waals surface area contributed by atoms with Crippen molar-refractivity contribution >= 4 is 17.6 Å². The van der Waals surface area contributed by atoms with E-state index in [1.807, 2.05) is 30.3 Å². The number of hydrogen-bond acceptors (Lipinski definition) is 4. The van der Waals surface area contributed by atoms with Crippen molar-refractivity contribution in [2.24, 2.45) is 5.16 Å². The molecular formula is C12H8N2OS. The smallest absolute Gasteiger partial charge is 0.167 e. The summed E-state index contributed by atoms with van der Waals surface area (Å²) in [5.41, 5.74) is 1.57. The van der Waals surface area contributed by atoms with Crippen LogP contribution in [-0.4, -0.2) is 16.4 Å². The van der Waals surface area contributed by atoms with Crippen molar-refractivity contribution in [3.63, 3.8) is 0 Å². The SMILES string of the molecule is O/N=C/c1csc(C#Cc2ccccc2)n1. The number of thiazole rings is 1. The molecule has 0 saturated heterocycles. The van der Waals surface area contributed by atoms with E-state index in [1.165, 1.54) is 17.6 Å². The molecule has 4 heteroatoms. The standard InChI is InChI=1S/C12H8N2OS/c15-13-8-11-9-16-12(14-11)7-6-10-4-2-1-3-5-10/h1-5,8-9,15H/b13-8+. The van der Waals surface area contributed by atoms with Gasteiger partial charge in [-0.05, 0) is 18.1 Å². The van der Waals surface area contributed by atoms with Gasteiger partial charge in [-0.1, -0.05) is 29.3 Å². The van der Waals surface area contributed by atoms with E-state index in [4.69, 9.17) is 5.21 Å². The van der Waals surface area contributed by atoms with E-state index < -0.39 is 0 Å². The molecule has 2 rings (SSSR count). The molecule has 0 aliphatic rings. The topological polar surface area (TPSA) is 45.5 Å². The largest absolute Gasteiger partial charge is 0.411 e. The van der Waals surface area contributed by atoms with E-state index in [1.54, 1.807) is 5.38 Å². The Morgan fingerprint density at radius 3 is 2.81 bits per heavy atom. The van der Waals surface area contributed by atoms with E-state index in [-0.39, 0.29) is 0 Å². The quantitative estimate of drug-likeness (QED) is 0.352. The minimum absolute atomic E-state index is 0.616. The maximum atomic E-state index is 8.33. The summed E-state index contributed by atoms with van der Waals surface area (Å²) in [4.78, 5) is 4.15. The third-order valence-corrected chi connectivity index (χ3v) is 2.58. The Morgan fingerprint density at radius 1 is 1.25 bits per heavy atom. The van der Waals surface area contributed by atoms with E-state index in [9.17, 15) is 0 Å². The lowest BCUT2D eigenvalue weighted by Gasteiger charge is -1.85. The molecule has 0 saturated carbocycles. The number of aromatic nitrogens is 1. The van der Waals surface area contributed by atoms with Crippen LogP contribution in [0.4, 0.5) is 0 Å². The molecule has 0 unspecified atom stereocenters. The van der Waals surface area contributed by atoms with Gasteiger partial charge in [0.2, 0.25) is 0 Å². The third kappa shape index (κ3) is 2.69. The minimum atomic E-state index is 0.616. The predicted octanol–water partition coefficient (Wildman–Crippen LogP) is 2.35. The van der Waals surface area contributed by atoms with Gasteiger partial charge in [-0.25, -0.2) is 4.98 Å². The first-order valence-electron chi connectivity index (χ1n) is 4.58. The Bertz CT molecular complexity index is 549. The molecule has 2 aromatic rings. The van der Waals surface area contributed by atoms with Crippen LogP contribution in [0.5, 0.6) is 0 Å². The molecule has 0 radical (unpaired) electrons. The number of rotatable bonds is 1. The highest BCUT2D eigenvalue weighted by Gasteiger charge is 1.95. The second-order valence-electron chi connectivity index (χ2n) is 2.94. The van der Waals surface area contributed by atoms with E-state index in [0.29, 0.717) is 10.7 Å². The summed E-state index contributed by atoms with van der Waals surface area (Å²) in [6, 6.07) is 9.71. The molecule has 0 amide bonds. The molecule has 1 heterocycles. The molecule has 0 bridgehead atoms. The Morgan fingerprint density at radius 2 is 2.06 bits per heavy atom. The van der Waals surface area contributed by atoms with Gasteiger partial charge in [-0.15, -0.1) is 11.3 Å². The summed E-state index contributed by atoms with van der Waals surface area (Å²) < 4.78 is 0. The van der Waals surface area contributed by atoms with Crippen LogP contribution in [0.2, 0.25) is 0 Å². The molecule has 78 valence electrons. The molecular weight excluding hydrogens is 220 g/mol. The highest BCUT2D eigenvalue weighted by atomic mass is 32.1. The van der Waals surface area contributed by atoms with Crippen molar-refractivity contribution in [3.05, 3.63) is 52.0 Å². The first-order chi connectivity index (χ1) is 7.88. The van der Waals surface area contributed by atoms with Crippen molar-refractivity contribution in [3.8, 4) is 11.8 Å². The Kier molecular flexibility index (Phi) is 3.31. The van der Waals surface area contributed by atoms with Crippen molar-refractivity contribution in [1.29, 1.82) is 0 Å². The number of oxime groups is 1. The van der Waals surface area contributed by atoms with Crippen molar-refractivity contribution in [2.45, 2.75) is 0 Å². The fraction of sp³-hybridized carbons (Fsp3) is 0. The van der Waals surface area contributed by atoms with Crippen LogP contribution in [0.15, 0.2) is 40.9 Å². The van der Waals surface area contributed by atoms with Gasteiger partial charge in [0, 0.05) is 10.9 Å². The van der Waals surface area contributed by atoms with Crippen molar-refractivity contribution in [2.75, 3.05) is 0 Å². The highest BCUT2D eigenvalue weighted by molar-refractivity contribution is 7.10. The van der Waals surface area contributed by atoms with E-state index in [0.717, 1.165) is 5.56 Å². The summed E-state index contributed by atoms with van der Waals surface area (Å²) in [6.07, 6.45) is 1.28. The van der Waals surface area contributed by atoms with Gasteiger partial charge in [0.05, 0.1) is 11.9 Å². The average Bonchev–Trinajstić information content (AvgIpc) is 2.76. The lowest BCUT2D eigenvalue weighted by molar-refractivity contribution is 0.321. The molecule has 0 aliphatic heterocycles. The molecule has 0 aliphatic carbocycles. The summed E-state index contributed by atoms with van der Waals surface area (Å²) >= 11 is 1.42. The third-order valence-electron chi connectivity index (χ3n) is 1.80. The lowest BCUT2D eigenvalue weighted by atomic mass is 10.2. The number of hydrogen-bond donors (Lipinski definition) is 1. The number of nitrogens with zero attached hydrogens (tertiary/aromatic N) is 2. The Hall–Kier alpha value is -2.12. The van der Waals surface area contributed by atoms with E-state index in [2.05, 4.69) is 22.0 Å². The second kappa shape index (κ2) is 5.10. The highest BCUT2D eigenvalue weighted by Crippen LogP contribution is 2.06. The van der Waals surface area contributed by atoms with Gasteiger partial charge in [-0.2, -0.15) is 0 Å². The normalized spacial score (nSPS) is 10.0. The van der Waals surface area contributed by atoms with Gasteiger partial charge in [0.1, 0.15) is 0 Å². The first-order valence-corrected chi connectivity index (χ1v) is 5.46. The summed E-state index contributed by atoms with van der Waals surface area (Å²) in [7, 11) is 0. The molecule has 16 heavy (non-hydrogen) atoms. The van der Waals surface area contributed by atoms with Gasteiger partial charge in [0.25, 0.3) is 0 Å². The van der Waals surface area contributed by atoms with Crippen LogP contribution in [0, 0.1) is 11.8 Å². The van der Waals surface area contributed by atoms with Crippen LogP contribution in [0.3, 0.4) is 0 Å². The summed E-state index contributed by atoms with van der Waals surface area (Å²) in [5, 5.41) is 13.7.